The number of nitrogens with zero attached hydrogens (tertiary/aromatic N) is 1. The maximum atomic E-state index is 12.5. The molecule has 1 unspecified atom stereocenters. The van der Waals surface area contributed by atoms with Crippen LogP contribution in [-0.4, -0.2) is 47.0 Å². The number of carboxylic acids is 1. The molecule has 1 aromatic carbocycles. The lowest BCUT2D eigenvalue weighted by Gasteiger charge is -2.24. The van der Waals surface area contributed by atoms with Gasteiger partial charge in [0.1, 0.15) is 0 Å². The van der Waals surface area contributed by atoms with Crippen molar-refractivity contribution < 1.29 is 14.7 Å². The third-order valence-corrected chi connectivity index (χ3v) is 3.97. The molecule has 0 radical (unpaired) electrons. The van der Waals surface area contributed by atoms with Gasteiger partial charge in [-0.15, -0.1) is 0 Å². The Labute approximate surface area is 129 Å². The van der Waals surface area contributed by atoms with Crippen molar-refractivity contribution in [3.63, 3.8) is 0 Å². The number of aliphatic carboxylic acids is 1. The fraction of sp³-hybridized carbons (Fsp3) is 0.375. The highest BCUT2D eigenvalue weighted by Crippen LogP contribution is 2.15. The van der Waals surface area contributed by atoms with Gasteiger partial charge in [-0.2, -0.15) is 11.8 Å². The molecule has 1 N–H and O–H groups in total. The van der Waals surface area contributed by atoms with E-state index in [1.165, 1.54) is 6.08 Å². The minimum Gasteiger partial charge on any atom is -0.478 e. The highest BCUT2D eigenvalue weighted by Gasteiger charge is 2.17. The maximum Gasteiger partial charge on any atom is 0.328 e. The standard InChI is InChI=1S/C16H21NO3S/c1-11-7-13(5-6-15(18)19)9-14(8-11)16(20)17(3)12(2)10-21-4/h5-9,12H,10H2,1-4H3,(H,18,19)/b6-5+. The lowest BCUT2D eigenvalue weighted by atomic mass is 10.0. The number of carbonyl (C=O) groups is 2. The molecule has 0 saturated heterocycles. The van der Waals surface area contributed by atoms with Crippen molar-refractivity contribution in [3.8, 4) is 0 Å². The number of hydrogen-bond acceptors (Lipinski definition) is 3. The predicted molar refractivity (Wildman–Crippen MR) is 87.8 cm³/mol. The van der Waals surface area contributed by atoms with E-state index in [9.17, 15) is 9.59 Å². The van der Waals surface area contributed by atoms with Crippen LogP contribution in [-0.2, 0) is 4.79 Å². The molecule has 21 heavy (non-hydrogen) atoms. The summed E-state index contributed by atoms with van der Waals surface area (Å²) < 4.78 is 0. The smallest absolute Gasteiger partial charge is 0.328 e. The van der Waals surface area contributed by atoms with Crippen LogP contribution in [0.15, 0.2) is 24.3 Å². The number of hydrogen-bond donors (Lipinski definition) is 1. The van der Waals surface area contributed by atoms with E-state index in [4.69, 9.17) is 5.11 Å². The molecule has 0 aliphatic carbocycles. The number of aryl methyl sites for hydroxylation is 1. The van der Waals surface area contributed by atoms with Crippen LogP contribution < -0.4 is 0 Å². The first-order valence-electron chi connectivity index (χ1n) is 6.64. The van der Waals surface area contributed by atoms with Gasteiger partial charge in [0.25, 0.3) is 5.91 Å². The van der Waals surface area contributed by atoms with Crippen molar-refractivity contribution in [3.05, 3.63) is 41.0 Å². The van der Waals surface area contributed by atoms with Crippen LogP contribution in [0.4, 0.5) is 0 Å². The number of carbonyl (C=O) groups excluding carboxylic acids is 1. The summed E-state index contributed by atoms with van der Waals surface area (Å²) >= 11 is 1.70. The van der Waals surface area contributed by atoms with Crippen molar-refractivity contribution in [2.24, 2.45) is 0 Å². The molecular formula is C16H21NO3S. The van der Waals surface area contributed by atoms with E-state index in [0.717, 1.165) is 17.4 Å². The first-order chi connectivity index (χ1) is 9.85. The number of amides is 1. The second-order valence-electron chi connectivity index (χ2n) is 5.02. The molecule has 0 spiro atoms. The van der Waals surface area contributed by atoms with Crippen molar-refractivity contribution in [2.45, 2.75) is 19.9 Å². The molecule has 1 aromatic rings. The van der Waals surface area contributed by atoms with Gasteiger partial charge in [0.2, 0.25) is 0 Å². The second-order valence-corrected chi connectivity index (χ2v) is 5.94. The highest BCUT2D eigenvalue weighted by molar-refractivity contribution is 7.98. The molecule has 5 heteroatoms. The Morgan fingerprint density at radius 3 is 2.62 bits per heavy atom. The van der Waals surface area contributed by atoms with Gasteiger partial charge < -0.3 is 10.0 Å². The van der Waals surface area contributed by atoms with E-state index in [1.54, 1.807) is 29.8 Å². The Hall–Kier alpha value is -1.75. The molecule has 114 valence electrons. The number of carboxylic acid groups (broad SMARTS) is 1. The molecule has 0 aromatic heterocycles. The van der Waals surface area contributed by atoms with E-state index in [-0.39, 0.29) is 11.9 Å². The van der Waals surface area contributed by atoms with Crippen LogP contribution >= 0.6 is 11.8 Å². The summed E-state index contributed by atoms with van der Waals surface area (Å²) in [5, 5.41) is 8.68. The summed E-state index contributed by atoms with van der Waals surface area (Å²) in [6, 6.07) is 5.53. The number of rotatable bonds is 6. The van der Waals surface area contributed by atoms with Gasteiger partial charge in [-0.05, 0) is 49.4 Å². The molecule has 1 atom stereocenters. The molecule has 0 bridgehead atoms. The molecule has 0 fully saturated rings. The lowest BCUT2D eigenvalue weighted by molar-refractivity contribution is -0.131. The van der Waals surface area contributed by atoms with Crippen LogP contribution in [0.5, 0.6) is 0 Å². The Bertz CT molecular complexity index is 554. The molecule has 1 rings (SSSR count). The first kappa shape index (κ1) is 17.3. The summed E-state index contributed by atoms with van der Waals surface area (Å²) in [6.45, 7) is 3.90. The molecule has 0 aliphatic rings. The molecule has 0 aliphatic heterocycles. The van der Waals surface area contributed by atoms with Gasteiger partial charge in [0, 0.05) is 30.5 Å². The summed E-state index contributed by atoms with van der Waals surface area (Å²) in [7, 11) is 1.79. The second kappa shape index (κ2) is 7.88. The Balaban J connectivity index is 3.02. The molecule has 0 heterocycles. The molecular weight excluding hydrogens is 286 g/mol. The Morgan fingerprint density at radius 2 is 2.05 bits per heavy atom. The average molecular weight is 307 g/mol. The van der Waals surface area contributed by atoms with Gasteiger partial charge in [-0.3, -0.25) is 4.79 Å². The van der Waals surface area contributed by atoms with Crippen LogP contribution in [0.2, 0.25) is 0 Å². The Morgan fingerprint density at radius 1 is 1.38 bits per heavy atom. The van der Waals surface area contributed by atoms with E-state index < -0.39 is 5.97 Å². The molecule has 0 saturated carbocycles. The largest absolute Gasteiger partial charge is 0.478 e. The van der Waals surface area contributed by atoms with Gasteiger partial charge in [-0.1, -0.05) is 6.07 Å². The fourth-order valence-electron chi connectivity index (χ4n) is 1.96. The zero-order chi connectivity index (χ0) is 16.0. The highest BCUT2D eigenvalue weighted by atomic mass is 32.2. The van der Waals surface area contributed by atoms with Crippen LogP contribution in [0.3, 0.4) is 0 Å². The van der Waals surface area contributed by atoms with E-state index in [2.05, 4.69) is 0 Å². The van der Waals surface area contributed by atoms with Gasteiger partial charge in [0.05, 0.1) is 0 Å². The quantitative estimate of drug-likeness (QED) is 0.821. The minimum atomic E-state index is -1.00. The summed E-state index contributed by atoms with van der Waals surface area (Å²) in [5.41, 5.74) is 2.22. The summed E-state index contributed by atoms with van der Waals surface area (Å²) in [4.78, 5) is 24.8. The van der Waals surface area contributed by atoms with E-state index >= 15 is 0 Å². The zero-order valence-corrected chi connectivity index (χ0v) is 13.6. The fourth-order valence-corrected chi connectivity index (χ4v) is 2.66. The number of benzene rings is 1. The SMILES string of the molecule is CSCC(C)N(C)C(=O)c1cc(C)cc(/C=C/C(=O)O)c1. The number of thioether (sulfide) groups is 1. The van der Waals surface area contributed by atoms with E-state index in [0.29, 0.717) is 11.1 Å². The Kier molecular flexibility index (Phi) is 6.49. The van der Waals surface area contributed by atoms with Crippen LogP contribution in [0.1, 0.15) is 28.4 Å². The van der Waals surface area contributed by atoms with Gasteiger partial charge in [-0.25, -0.2) is 4.79 Å². The zero-order valence-electron chi connectivity index (χ0n) is 12.8. The van der Waals surface area contributed by atoms with Crippen molar-refractivity contribution in [1.82, 2.24) is 4.90 Å². The lowest BCUT2D eigenvalue weighted by Crippen LogP contribution is -2.36. The van der Waals surface area contributed by atoms with Gasteiger partial charge in [0.15, 0.2) is 0 Å². The topological polar surface area (TPSA) is 57.6 Å². The summed E-state index contributed by atoms with van der Waals surface area (Å²) in [6.07, 6.45) is 4.58. The van der Waals surface area contributed by atoms with Crippen molar-refractivity contribution >= 4 is 29.7 Å². The normalized spacial score (nSPS) is 12.4. The predicted octanol–water partition coefficient (Wildman–Crippen LogP) is 2.92. The van der Waals surface area contributed by atoms with E-state index in [1.807, 2.05) is 32.2 Å². The van der Waals surface area contributed by atoms with Crippen molar-refractivity contribution in [2.75, 3.05) is 19.1 Å². The summed E-state index contributed by atoms with van der Waals surface area (Å²) in [5.74, 6) is -0.180. The first-order valence-corrected chi connectivity index (χ1v) is 8.03. The van der Waals surface area contributed by atoms with Gasteiger partial charge >= 0.3 is 5.97 Å². The third-order valence-electron chi connectivity index (χ3n) is 3.15. The van der Waals surface area contributed by atoms with Crippen molar-refractivity contribution in [1.29, 1.82) is 0 Å². The average Bonchev–Trinajstić information content (AvgIpc) is 2.43. The molecule has 4 nitrogen and oxygen atoms in total. The third kappa shape index (κ3) is 5.27. The maximum absolute atomic E-state index is 12.5. The van der Waals surface area contributed by atoms with Crippen LogP contribution in [0, 0.1) is 6.92 Å². The monoisotopic (exact) mass is 307 g/mol. The van der Waals surface area contributed by atoms with Crippen LogP contribution in [0.25, 0.3) is 6.08 Å². The minimum absolute atomic E-state index is 0.0507. The molecule has 1 amide bonds.